The molecule has 0 amide bonds. The fraction of sp³-hybridized carbons (Fsp3) is 1.00. The van der Waals surface area contributed by atoms with Gasteiger partial charge < -0.3 is 0 Å². The van der Waals surface area contributed by atoms with E-state index in [9.17, 15) is 8.42 Å². The number of rotatable bonds is 2. The van der Waals surface area contributed by atoms with Gasteiger partial charge in [0.1, 0.15) is 16.3 Å². The molecule has 0 fully saturated rings. The summed E-state index contributed by atoms with van der Waals surface area (Å²) in [6, 6.07) is 0. The molecule has 0 aliphatic heterocycles. The van der Waals surface area contributed by atoms with Gasteiger partial charge in [-0.15, -0.1) is 0 Å². The van der Waals surface area contributed by atoms with Crippen molar-refractivity contribution in [2.24, 2.45) is 0 Å². The number of hydrogen-bond donors (Lipinski definition) is 0. The Morgan fingerprint density at radius 3 is 2.00 bits per heavy atom. The van der Waals surface area contributed by atoms with Crippen LogP contribution >= 0.6 is 16.3 Å². The Bertz CT molecular complexity index is 120. The first kappa shape index (κ1) is 12.1. The van der Waals surface area contributed by atoms with Crippen molar-refractivity contribution >= 4 is 55.9 Å². The van der Waals surface area contributed by atoms with Crippen LogP contribution in [0.3, 0.4) is 0 Å². The Balaban J connectivity index is 0. The monoisotopic (exact) mass is 211 g/mol. The minimum atomic E-state index is -3.24. The van der Waals surface area contributed by atoms with Gasteiger partial charge in [0.05, 0.1) is 5.75 Å². The first-order valence-electron chi connectivity index (χ1n) is 1.65. The van der Waals surface area contributed by atoms with Crippen LogP contribution in [0, 0.1) is 0 Å². The van der Waals surface area contributed by atoms with E-state index in [1.807, 2.05) is 0 Å². The number of hydrogen-bond acceptors (Lipinski definition) is 3. The van der Waals surface area contributed by atoms with Crippen LogP contribution in [0.2, 0.25) is 0 Å². The second kappa shape index (κ2) is 5.20. The van der Waals surface area contributed by atoms with Crippen LogP contribution in [-0.4, -0.2) is 43.7 Å². The van der Waals surface area contributed by atoms with E-state index in [0.717, 1.165) is 0 Å². The van der Waals surface area contributed by atoms with Crippen LogP contribution in [0.15, 0.2) is 0 Å². The molecule has 0 saturated carbocycles. The largest absolute Gasteiger partial charge is 0.277 e. The van der Waals surface area contributed by atoms with Crippen molar-refractivity contribution in [3.63, 3.8) is 0 Å². The van der Waals surface area contributed by atoms with Crippen molar-refractivity contribution in [2.75, 3.05) is 5.75 Å². The summed E-state index contributed by atoms with van der Waals surface area (Å²) in [6.07, 6.45) is 0. The predicted molar refractivity (Wildman–Crippen MR) is 35.2 cm³/mol. The van der Waals surface area contributed by atoms with Crippen LogP contribution in [0.5, 0.6) is 0 Å². The Morgan fingerprint density at radius 2 is 2.00 bits per heavy atom. The van der Waals surface area contributed by atoms with Gasteiger partial charge in [-0.25, -0.2) is 0 Å². The molecule has 0 rings (SSSR count). The second-order valence-electron chi connectivity index (χ2n) is 0.909. The summed E-state index contributed by atoms with van der Waals surface area (Å²) in [6.45, 7) is 1.50. The standard InChI is InChI=1S/C2H5BrO3S.Na/c1-2-7(4,5)6-3;/h2H2,1H3;. The summed E-state index contributed by atoms with van der Waals surface area (Å²) in [7, 11) is -3.24. The van der Waals surface area contributed by atoms with Crippen LogP contribution in [0.25, 0.3) is 0 Å². The first-order valence-corrected chi connectivity index (χ1v) is 3.87. The molecule has 0 aromatic rings. The SMILES string of the molecule is CCS(=O)(=O)OBr.[Na]. The van der Waals surface area contributed by atoms with Crippen LogP contribution < -0.4 is 0 Å². The fourth-order valence-electron chi connectivity index (χ4n) is 0.0445. The van der Waals surface area contributed by atoms with Crippen LogP contribution in [-0.2, 0) is 13.4 Å². The fourth-order valence-corrected chi connectivity index (χ4v) is 0.694. The summed E-state index contributed by atoms with van der Waals surface area (Å²) in [5.41, 5.74) is 0. The van der Waals surface area contributed by atoms with Gasteiger partial charge in [-0.05, 0) is 6.92 Å². The molecule has 45 valence electrons. The molecule has 8 heavy (non-hydrogen) atoms. The normalized spacial score (nSPS) is 10.2. The van der Waals surface area contributed by atoms with Gasteiger partial charge in [-0.2, -0.15) is 11.7 Å². The molecule has 0 saturated heterocycles. The molecule has 6 heteroatoms. The molecule has 0 unspecified atom stereocenters. The smallest absolute Gasteiger partial charge is 0.199 e. The molecule has 3 nitrogen and oxygen atoms in total. The average Bonchev–Trinajstić information content (AvgIpc) is 1.68. The summed E-state index contributed by atoms with van der Waals surface area (Å²) in [5.74, 6) is -0.00174. The van der Waals surface area contributed by atoms with E-state index in [0.29, 0.717) is 0 Å². The summed E-state index contributed by atoms with van der Waals surface area (Å²) >= 11 is 2.34. The minimum Gasteiger partial charge on any atom is -0.199 e. The van der Waals surface area contributed by atoms with Gasteiger partial charge in [0.2, 0.25) is 0 Å². The van der Waals surface area contributed by atoms with Crippen molar-refractivity contribution in [2.45, 2.75) is 6.92 Å². The minimum absolute atomic E-state index is 0. The summed E-state index contributed by atoms with van der Waals surface area (Å²) in [4.78, 5) is 0. The van der Waals surface area contributed by atoms with E-state index in [4.69, 9.17) is 0 Å². The molecule has 0 heterocycles. The van der Waals surface area contributed by atoms with E-state index >= 15 is 0 Å². The Morgan fingerprint density at radius 1 is 1.62 bits per heavy atom. The van der Waals surface area contributed by atoms with Gasteiger partial charge in [0.15, 0.2) is 0 Å². The van der Waals surface area contributed by atoms with Gasteiger partial charge >= 0.3 is 0 Å². The van der Waals surface area contributed by atoms with Crippen LogP contribution in [0.1, 0.15) is 6.92 Å². The Kier molecular flexibility index (Phi) is 7.86. The van der Waals surface area contributed by atoms with E-state index in [1.165, 1.54) is 6.92 Å². The third-order valence-electron chi connectivity index (χ3n) is 0.450. The van der Waals surface area contributed by atoms with E-state index in [1.54, 1.807) is 0 Å². The number of halogens is 1. The quantitative estimate of drug-likeness (QED) is 0.617. The van der Waals surface area contributed by atoms with Crippen molar-refractivity contribution in [1.82, 2.24) is 0 Å². The zero-order valence-electron chi connectivity index (χ0n) is 4.72. The molecule has 0 atom stereocenters. The topological polar surface area (TPSA) is 43.4 Å². The maximum atomic E-state index is 10.1. The van der Waals surface area contributed by atoms with Crippen molar-refractivity contribution in [3.8, 4) is 0 Å². The second-order valence-corrected chi connectivity index (χ2v) is 3.52. The Hall–Kier alpha value is 1.39. The van der Waals surface area contributed by atoms with Crippen molar-refractivity contribution in [3.05, 3.63) is 0 Å². The Labute approximate surface area is 79.7 Å². The molecule has 0 aromatic carbocycles. The molecular formula is C2H5BrNaO3S. The summed E-state index contributed by atoms with van der Waals surface area (Å²) < 4.78 is 24.1. The third-order valence-corrected chi connectivity index (χ3v) is 2.56. The van der Waals surface area contributed by atoms with E-state index in [2.05, 4.69) is 19.5 Å². The molecule has 1 radical (unpaired) electrons. The molecule has 0 N–H and O–H groups in total. The van der Waals surface area contributed by atoms with E-state index < -0.39 is 10.1 Å². The maximum absolute atomic E-state index is 10.1. The van der Waals surface area contributed by atoms with Gasteiger partial charge in [0.25, 0.3) is 10.1 Å². The van der Waals surface area contributed by atoms with Crippen molar-refractivity contribution < 1.29 is 11.7 Å². The zero-order valence-corrected chi connectivity index (χ0v) is 9.12. The zero-order chi connectivity index (χ0) is 5.91. The molecule has 0 aromatic heterocycles. The molecule has 0 aliphatic carbocycles. The molecule has 0 spiro atoms. The van der Waals surface area contributed by atoms with Gasteiger partial charge in [-0.3, -0.25) is 0 Å². The first-order chi connectivity index (χ1) is 3.12. The van der Waals surface area contributed by atoms with E-state index in [-0.39, 0.29) is 35.3 Å². The van der Waals surface area contributed by atoms with Crippen molar-refractivity contribution in [1.29, 1.82) is 0 Å². The predicted octanol–water partition coefficient (Wildman–Crippen LogP) is 0.282. The summed E-state index contributed by atoms with van der Waals surface area (Å²) in [5, 5.41) is 0. The van der Waals surface area contributed by atoms with Gasteiger partial charge in [0, 0.05) is 29.6 Å². The van der Waals surface area contributed by atoms with Crippen LogP contribution in [0.4, 0.5) is 0 Å². The molecule has 0 bridgehead atoms. The molecular weight excluding hydrogens is 207 g/mol. The third kappa shape index (κ3) is 5.53. The maximum Gasteiger partial charge on any atom is 0.277 e. The molecule has 0 aliphatic rings. The van der Waals surface area contributed by atoms with Gasteiger partial charge in [-0.1, -0.05) is 0 Å². The average molecular weight is 212 g/mol.